The molecule has 146 valence electrons. The Labute approximate surface area is 162 Å². The number of aliphatic hydroxyl groups excluding tert-OH is 2. The summed E-state index contributed by atoms with van der Waals surface area (Å²) in [6.07, 6.45) is -1.78. The molecule has 5 heteroatoms. The zero-order valence-corrected chi connectivity index (χ0v) is 17.3. The number of aliphatic hydroxyl groups is 2. The molecule has 2 aromatic carbocycles. The van der Waals surface area contributed by atoms with Crippen LogP contribution in [0.4, 0.5) is 0 Å². The number of rotatable bonds is 7. The van der Waals surface area contributed by atoms with Gasteiger partial charge in [-0.15, -0.1) is 0 Å². The lowest BCUT2D eigenvalue weighted by atomic mass is 9.98. The number of hydrogen-bond donors (Lipinski definition) is 2. The SMILES string of the molecule is COCO[C@H](C(C)C)[C@@H]1[C@@H](O)[C@@H](O)C[Si]1(c1ccccc1)c1ccccc1. The quantitative estimate of drug-likeness (QED) is 0.564. The Hall–Kier alpha value is -1.50. The lowest BCUT2D eigenvalue weighted by Crippen LogP contribution is -2.63. The van der Waals surface area contributed by atoms with Gasteiger partial charge in [0.2, 0.25) is 0 Å². The van der Waals surface area contributed by atoms with Crippen molar-refractivity contribution < 1.29 is 19.7 Å². The molecule has 1 saturated heterocycles. The molecule has 0 aliphatic carbocycles. The lowest BCUT2D eigenvalue weighted by molar-refractivity contribution is -0.104. The van der Waals surface area contributed by atoms with E-state index in [-0.39, 0.29) is 24.4 Å². The third-order valence-corrected chi connectivity index (χ3v) is 11.4. The highest BCUT2D eigenvalue weighted by Gasteiger charge is 2.59. The second kappa shape index (κ2) is 8.67. The molecule has 0 saturated carbocycles. The maximum atomic E-state index is 11.1. The number of ether oxygens (including phenoxy) is 2. The average molecular weight is 387 g/mol. The Morgan fingerprint density at radius 2 is 1.48 bits per heavy atom. The molecule has 0 aromatic heterocycles. The molecule has 0 amide bonds. The fraction of sp³-hybridized carbons (Fsp3) is 0.455. The van der Waals surface area contributed by atoms with Crippen molar-refractivity contribution in [2.24, 2.45) is 5.92 Å². The van der Waals surface area contributed by atoms with Crippen molar-refractivity contribution in [1.82, 2.24) is 0 Å². The Kier molecular flexibility index (Phi) is 6.50. The van der Waals surface area contributed by atoms with Crippen LogP contribution in [0, 0.1) is 5.92 Å². The molecular weight excluding hydrogens is 356 g/mol. The van der Waals surface area contributed by atoms with Gasteiger partial charge in [0.05, 0.1) is 18.3 Å². The first kappa shape index (κ1) is 20.2. The van der Waals surface area contributed by atoms with Crippen LogP contribution in [0.2, 0.25) is 11.6 Å². The predicted molar refractivity (Wildman–Crippen MR) is 110 cm³/mol. The molecule has 27 heavy (non-hydrogen) atoms. The van der Waals surface area contributed by atoms with Crippen molar-refractivity contribution in [2.75, 3.05) is 13.9 Å². The molecule has 0 radical (unpaired) electrons. The maximum absolute atomic E-state index is 11.1. The summed E-state index contributed by atoms with van der Waals surface area (Å²) < 4.78 is 11.3. The average Bonchev–Trinajstić information content (AvgIpc) is 2.96. The minimum atomic E-state index is -2.50. The normalized spacial score (nSPS) is 25.6. The third-order valence-electron chi connectivity index (χ3n) is 5.83. The molecule has 4 nitrogen and oxygen atoms in total. The predicted octanol–water partition coefficient (Wildman–Crippen LogP) is 2.00. The molecule has 4 atom stereocenters. The van der Waals surface area contributed by atoms with E-state index in [1.165, 1.54) is 10.4 Å². The molecule has 2 aromatic rings. The highest BCUT2D eigenvalue weighted by molar-refractivity contribution is 7.04. The van der Waals surface area contributed by atoms with Gasteiger partial charge in [0.1, 0.15) is 14.9 Å². The fourth-order valence-corrected chi connectivity index (χ4v) is 10.9. The van der Waals surface area contributed by atoms with Crippen molar-refractivity contribution in [3.8, 4) is 0 Å². The van der Waals surface area contributed by atoms with Gasteiger partial charge in [-0.3, -0.25) is 0 Å². The minimum absolute atomic E-state index is 0.160. The third kappa shape index (κ3) is 3.75. The minimum Gasteiger partial charge on any atom is -0.391 e. The molecule has 1 aliphatic heterocycles. The van der Waals surface area contributed by atoms with Crippen LogP contribution in [0.15, 0.2) is 60.7 Å². The van der Waals surface area contributed by atoms with Crippen LogP contribution < -0.4 is 10.4 Å². The van der Waals surface area contributed by atoms with Crippen molar-refractivity contribution in [1.29, 1.82) is 0 Å². The Balaban J connectivity index is 2.20. The van der Waals surface area contributed by atoms with Gasteiger partial charge in [0, 0.05) is 12.7 Å². The van der Waals surface area contributed by atoms with Gasteiger partial charge in [-0.2, -0.15) is 0 Å². The Morgan fingerprint density at radius 1 is 0.963 bits per heavy atom. The molecule has 1 aliphatic rings. The molecule has 0 unspecified atom stereocenters. The van der Waals surface area contributed by atoms with Crippen molar-refractivity contribution >= 4 is 18.4 Å². The first-order chi connectivity index (χ1) is 13.0. The van der Waals surface area contributed by atoms with Gasteiger partial charge < -0.3 is 19.7 Å². The molecule has 2 N–H and O–H groups in total. The van der Waals surface area contributed by atoms with E-state index in [2.05, 4.69) is 38.1 Å². The van der Waals surface area contributed by atoms with E-state index >= 15 is 0 Å². The van der Waals surface area contributed by atoms with E-state index in [9.17, 15) is 10.2 Å². The summed E-state index contributed by atoms with van der Waals surface area (Å²) in [5, 5.41) is 24.3. The van der Waals surface area contributed by atoms with Crippen LogP contribution in [0.3, 0.4) is 0 Å². The molecule has 1 heterocycles. The fourth-order valence-electron chi connectivity index (χ4n) is 4.71. The van der Waals surface area contributed by atoms with Crippen molar-refractivity contribution in [3.05, 3.63) is 60.7 Å². The van der Waals surface area contributed by atoms with Gasteiger partial charge in [0.15, 0.2) is 0 Å². The highest BCUT2D eigenvalue weighted by atomic mass is 28.3. The summed E-state index contributed by atoms with van der Waals surface area (Å²) in [5.74, 6) is 0.185. The largest absolute Gasteiger partial charge is 0.391 e. The summed E-state index contributed by atoms with van der Waals surface area (Å²) in [5.41, 5.74) is -0.160. The van der Waals surface area contributed by atoms with E-state index in [0.29, 0.717) is 6.04 Å². The molecular formula is C22H30O4Si. The number of methoxy groups -OCH3 is 1. The topological polar surface area (TPSA) is 58.9 Å². The van der Waals surface area contributed by atoms with E-state index in [4.69, 9.17) is 9.47 Å². The smallest absolute Gasteiger partial charge is 0.146 e. The summed E-state index contributed by atoms with van der Waals surface area (Å²) in [7, 11) is -0.889. The van der Waals surface area contributed by atoms with E-state index in [1.807, 2.05) is 36.4 Å². The van der Waals surface area contributed by atoms with Crippen LogP contribution in [0.5, 0.6) is 0 Å². The molecule has 0 spiro atoms. The van der Waals surface area contributed by atoms with Gasteiger partial charge in [-0.25, -0.2) is 0 Å². The number of hydrogen-bond acceptors (Lipinski definition) is 4. The zero-order valence-electron chi connectivity index (χ0n) is 16.3. The second-order valence-electron chi connectivity index (χ2n) is 7.77. The maximum Gasteiger partial charge on any atom is 0.146 e. The Bertz CT molecular complexity index is 667. The van der Waals surface area contributed by atoms with E-state index < -0.39 is 20.3 Å². The highest BCUT2D eigenvalue weighted by Crippen LogP contribution is 2.45. The zero-order chi connectivity index (χ0) is 19.4. The lowest BCUT2D eigenvalue weighted by Gasteiger charge is -2.41. The first-order valence-corrected chi connectivity index (χ1v) is 11.9. The molecule has 0 bridgehead atoms. The standard InChI is InChI=1S/C22H30O4Si/c1-16(2)21(26-15-25-3)22-20(24)19(23)14-27(22,17-10-6-4-7-11-17)18-12-8-5-9-13-18/h4-13,16,19-24H,14-15H2,1-3H3/t19-,20-,21+,22-/m0/s1. The van der Waals surface area contributed by atoms with Gasteiger partial charge in [-0.05, 0) is 12.0 Å². The van der Waals surface area contributed by atoms with Gasteiger partial charge in [-0.1, -0.05) is 84.9 Å². The van der Waals surface area contributed by atoms with E-state index in [0.717, 1.165) is 0 Å². The molecule has 3 rings (SSSR count). The first-order valence-electron chi connectivity index (χ1n) is 9.60. The Morgan fingerprint density at radius 3 is 1.93 bits per heavy atom. The summed E-state index contributed by atoms with van der Waals surface area (Å²) in [6, 6.07) is 21.4. The summed E-state index contributed by atoms with van der Waals surface area (Å²) in [6.45, 7) is 4.38. The van der Waals surface area contributed by atoms with Crippen LogP contribution >= 0.6 is 0 Å². The van der Waals surface area contributed by atoms with Crippen LogP contribution in [0.1, 0.15) is 13.8 Å². The summed E-state index contributed by atoms with van der Waals surface area (Å²) in [4.78, 5) is 0. The van der Waals surface area contributed by atoms with Gasteiger partial charge in [0.25, 0.3) is 0 Å². The van der Waals surface area contributed by atoms with Crippen LogP contribution in [-0.4, -0.2) is 50.5 Å². The second-order valence-corrected chi connectivity index (χ2v) is 11.9. The van der Waals surface area contributed by atoms with Crippen molar-refractivity contribution in [3.63, 3.8) is 0 Å². The van der Waals surface area contributed by atoms with Crippen LogP contribution in [0.25, 0.3) is 0 Å². The van der Waals surface area contributed by atoms with Crippen LogP contribution in [-0.2, 0) is 9.47 Å². The monoisotopic (exact) mass is 386 g/mol. The number of benzene rings is 2. The summed E-state index contributed by atoms with van der Waals surface area (Å²) >= 11 is 0. The van der Waals surface area contributed by atoms with Crippen molar-refractivity contribution in [2.45, 2.75) is 43.7 Å². The molecule has 1 fully saturated rings. The van der Waals surface area contributed by atoms with E-state index in [1.54, 1.807) is 7.11 Å². The van der Waals surface area contributed by atoms with Gasteiger partial charge >= 0.3 is 0 Å².